The summed E-state index contributed by atoms with van der Waals surface area (Å²) in [6, 6.07) is 35.0. The Labute approximate surface area is 264 Å². The first-order valence-corrected chi connectivity index (χ1v) is 15.8. The second-order valence-corrected chi connectivity index (χ2v) is 13.2. The molecule has 203 valence electrons. The largest absolute Gasteiger partial charge is 0.300 e. The fraction of sp³-hybridized carbons (Fsp3) is 0.0303. The van der Waals surface area contributed by atoms with Crippen LogP contribution >= 0.6 is 51.4 Å². The van der Waals surface area contributed by atoms with E-state index in [2.05, 4.69) is 152 Å². The van der Waals surface area contributed by atoms with Crippen LogP contribution < -0.4 is 0 Å². The molecular formula is C33H21BBrFN3S3. The van der Waals surface area contributed by atoms with Crippen molar-refractivity contribution in [1.29, 1.82) is 0 Å². The summed E-state index contributed by atoms with van der Waals surface area (Å²) in [5, 5.41) is 13.1. The van der Waals surface area contributed by atoms with Gasteiger partial charge in [0.25, 0.3) is 0 Å². The predicted molar refractivity (Wildman–Crippen MR) is 190 cm³/mol. The number of aromatic nitrogens is 2. The van der Waals surface area contributed by atoms with Crippen molar-refractivity contribution in [3.63, 3.8) is 0 Å². The third-order valence-corrected chi connectivity index (χ3v) is 10.2. The topological polar surface area (TPSA) is 21.2 Å². The number of hydrogen-bond donors (Lipinski definition) is 1. The van der Waals surface area contributed by atoms with Crippen molar-refractivity contribution < 1.29 is 5.76 Å². The first kappa shape index (κ1) is 26.2. The molecule has 9 heteroatoms. The van der Waals surface area contributed by atoms with Crippen LogP contribution in [0.15, 0.2) is 111 Å². The molecule has 3 nitrogen and oxygen atoms in total. The number of thiophene rings is 2. The molecule has 4 aromatic carbocycles. The van der Waals surface area contributed by atoms with Crippen molar-refractivity contribution >= 4 is 134 Å². The number of fused-ring (bicyclic) bond motifs is 12. The second-order valence-electron chi connectivity index (χ2n) is 9.63. The fourth-order valence-electron chi connectivity index (χ4n) is 6.28. The van der Waals surface area contributed by atoms with Crippen molar-refractivity contribution in [3.05, 3.63) is 106 Å². The standard InChI is InChI=1S/C16H8BrNS.C16H9NS.CH3F.BHNS/c17-14-8-12-11-6-3-5-10-9-4-1-2-7-13(9)18(15(10)11)16(12)19-14;1-2-7-14-10(4-1)11-5-3-6-12-13-8-9-18-16(13)17(14)15(11)12;1-2;1-2-3/h1-8H;1-9H;1H3;3H/i;;1D;. The molecule has 1 radical (unpaired) electrons. The number of hydrogen-bond acceptors (Lipinski definition) is 4. The average molecular weight is 666 g/mol. The molecular weight excluding hydrogens is 644 g/mol. The van der Waals surface area contributed by atoms with Crippen molar-refractivity contribution in [2.24, 2.45) is 4.30 Å². The van der Waals surface area contributed by atoms with Crippen LogP contribution in [0.25, 0.3) is 74.8 Å². The van der Waals surface area contributed by atoms with Crippen LogP contribution in [0.2, 0.25) is 0 Å². The van der Waals surface area contributed by atoms with Gasteiger partial charge in [0.05, 0.1) is 34.4 Å². The van der Waals surface area contributed by atoms with Crippen LogP contribution in [-0.4, -0.2) is 23.6 Å². The molecule has 0 atom stereocenters. The van der Waals surface area contributed by atoms with Gasteiger partial charge in [0, 0.05) is 43.1 Å². The van der Waals surface area contributed by atoms with Crippen LogP contribution in [0.3, 0.4) is 0 Å². The molecule has 6 aromatic heterocycles. The zero-order chi connectivity index (χ0) is 29.7. The molecule has 0 aliphatic rings. The number of thiol groups is 1. The number of benzene rings is 4. The van der Waals surface area contributed by atoms with E-state index in [1.165, 1.54) is 78.6 Å². The van der Waals surface area contributed by atoms with Gasteiger partial charge in [-0.1, -0.05) is 72.8 Å². The van der Waals surface area contributed by atoms with E-state index in [4.69, 9.17) is 1.37 Å². The van der Waals surface area contributed by atoms with E-state index >= 15 is 0 Å². The maximum absolute atomic E-state index is 9.96. The Morgan fingerprint density at radius 1 is 0.714 bits per heavy atom. The summed E-state index contributed by atoms with van der Waals surface area (Å²) in [5.74, 6) is 0. The minimum Gasteiger partial charge on any atom is -0.300 e. The molecule has 0 aliphatic heterocycles. The van der Waals surface area contributed by atoms with Crippen LogP contribution in [-0.2, 0) is 0 Å². The number of rotatable bonds is 0. The summed E-state index contributed by atoms with van der Waals surface area (Å²) in [6.07, 6.45) is 0. The SMILES string of the molecule is Brc1cc2c3cccc4c5ccccc5n(c2s1)c43.[2H]CF.[B]=NS.c1ccc2c(c1)c1cccc3c4ccsc4n2c13. The van der Waals surface area contributed by atoms with Gasteiger partial charge in [-0.2, -0.15) is 0 Å². The average Bonchev–Trinajstić information content (AvgIpc) is 3.85. The van der Waals surface area contributed by atoms with E-state index < -0.39 is 7.15 Å². The summed E-state index contributed by atoms with van der Waals surface area (Å²) in [6.45, 7) is 0. The Morgan fingerprint density at radius 2 is 1.17 bits per heavy atom. The summed E-state index contributed by atoms with van der Waals surface area (Å²) in [4.78, 5) is 2.70. The molecule has 6 heterocycles. The Kier molecular flexibility index (Phi) is 6.83. The predicted octanol–water partition coefficient (Wildman–Crippen LogP) is 11.3. The number of nitrogens with zero attached hydrogens (tertiary/aromatic N) is 3. The van der Waals surface area contributed by atoms with Gasteiger partial charge in [0.2, 0.25) is 0 Å². The van der Waals surface area contributed by atoms with E-state index in [1.54, 1.807) is 11.3 Å². The van der Waals surface area contributed by atoms with Crippen molar-refractivity contribution in [2.45, 2.75) is 0 Å². The molecule has 10 rings (SSSR count). The molecule has 0 fully saturated rings. The van der Waals surface area contributed by atoms with Crippen LogP contribution in [0.1, 0.15) is 1.37 Å². The van der Waals surface area contributed by atoms with Gasteiger partial charge in [-0.05, 0) is 45.6 Å². The molecule has 0 N–H and O–H groups in total. The third-order valence-electron chi connectivity index (χ3n) is 7.70. The van der Waals surface area contributed by atoms with Gasteiger partial charge in [-0.25, -0.2) is 0 Å². The van der Waals surface area contributed by atoms with Crippen molar-refractivity contribution in [1.82, 2.24) is 8.80 Å². The first-order chi connectivity index (χ1) is 21.1. The minimum atomic E-state index is -1.00. The first-order valence-electron chi connectivity index (χ1n) is 13.7. The van der Waals surface area contributed by atoms with E-state index in [0.717, 1.165) is 0 Å². The number of para-hydroxylation sites is 4. The van der Waals surface area contributed by atoms with Gasteiger partial charge < -0.3 is 0 Å². The maximum atomic E-state index is 9.96. The summed E-state index contributed by atoms with van der Waals surface area (Å²) >= 11 is 10.4. The summed E-state index contributed by atoms with van der Waals surface area (Å²) in [7, 11) is 3.34. The summed E-state index contributed by atoms with van der Waals surface area (Å²) < 4.78 is 24.2. The maximum Gasteiger partial charge on any atom is 0.108 e. The third kappa shape index (κ3) is 3.91. The molecule has 0 saturated heterocycles. The number of halogens is 2. The molecule has 0 spiro atoms. The van der Waals surface area contributed by atoms with E-state index in [1.807, 2.05) is 11.3 Å². The monoisotopic (exact) mass is 665 g/mol. The van der Waals surface area contributed by atoms with Gasteiger partial charge in [0.15, 0.2) is 0 Å². The molecule has 10 aromatic rings. The second kappa shape index (κ2) is 11.0. The van der Waals surface area contributed by atoms with Crippen LogP contribution in [0.4, 0.5) is 4.39 Å². The molecule has 0 bridgehead atoms. The molecule has 0 aliphatic carbocycles. The smallest absolute Gasteiger partial charge is 0.108 e. The molecule has 0 saturated carbocycles. The normalized spacial score (nSPS) is 11.7. The Morgan fingerprint density at radius 3 is 1.74 bits per heavy atom. The van der Waals surface area contributed by atoms with E-state index in [0.29, 0.717) is 0 Å². The van der Waals surface area contributed by atoms with Crippen molar-refractivity contribution in [2.75, 3.05) is 7.15 Å². The van der Waals surface area contributed by atoms with E-state index in [-0.39, 0.29) is 0 Å². The Hall–Kier alpha value is -3.50. The van der Waals surface area contributed by atoms with Crippen molar-refractivity contribution in [3.8, 4) is 0 Å². The quantitative estimate of drug-likeness (QED) is 0.123. The van der Waals surface area contributed by atoms with Gasteiger partial charge >= 0.3 is 24.8 Å². The number of alkyl halides is 1. The van der Waals surface area contributed by atoms with E-state index in [9.17, 15) is 4.39 Å². The van der Waals surface area contributed by atoms with Gasteiger partial charge in [-0.15, -0.1) is 22.7 Å². The van der Waals surface area contributed by atoms with Gasteiger partial charge in [0.1, 0.15) is 9.66 Å². The molecule has 42 heavy (non-hydrogen) atoms. The Balaban J connectivity index is 0.000000119. The summed E-state index contributed by atoms with van der Waals surface area (Å²) in [5.41, 5.74) is 5.36. The van der Waals surface area contributed by atoms with Crippen LogP contribution in [0.5, 0.6) is 0 Å². The Bertz CT molecular complexity index is 2530. The van der Waals surface area contributed by atoms with Crippen LogP contribution in [0, 0.1) is 0 Å². The molecule has 0 amide bonds. The molecule has 0 unspecified atom stereocenters. The fourth-order valence-corrected chi connectivity index (χ4v) is 8.83. The van der Waals surface area contributed by atoms with Gasteiger partial charge in [-0.3, -0.25) is 13.2 Å². The minimum absolute atomic E-state index is 1.00. The zero-order valence-corrected chi connectivity index (χ0v) is 26.1. The zero-order valence-electron chi connectivity index (χ0n) is 23.0.